The van der Waals surface area contributed by atoms with Crippen molar-refractivity contribution in [1.82, 2.24) is 20.2 Å². The predicted molar refractivity (Wildman–Crippen MR) is 255 cm³/mol. The minimum absolute atomic E-state index is 0.0242. The van der Waals surface area contributed by atoms with Gasteiger partial charge in [0, 0.05) is 48.9 Å². The van der Waals surface area contributed by atoms with E-state index in [1.807, 2.05) is 30.3 Å². The summed E-state index contributed by atoms with van der Waals surface area (Å²) in [7, 11) is 0. The Hall–Kier alpha value is -5.31. The van der Waals surface area contributed by atoms with E-state index >= 15 is 0 Å². The van der Waals surface area contributed by atoms with E-state index in [1.165, 1.54) is 70.6 Å². The summed E-state index contributed by atoms with van der Waals surface area (Å²) in [5.41, 5.74) is 1.17. The highest BCUT2D eigenvalue weighted by Crippen LogP contribution is 2.41. The molecule has 0 bridgehead atoms. The Morgan fingerprint density at radius 3 is 2.01 bits per heavy atom. The SMILES string of the molecule is CCCCCCCCCCCCCCCCC(=O)OCC(CO)OC(=O)CCCCCCCC(=O)NCCNC(=O)O[C@]1(CC)C(=O)OCc2c1cc1n(c2=O)Cc2cc3ccccc3nc2-1. The van der Waals surface area contributed by atoms with Gasteiger partial charge in [-0.05, 0) is 43.9 Å². The maximum absolute atomic E-state index is 13.8. The Morgan fingerprint density at radius 1 is 0.776 bits per heavy atom. The second kappa shape index (κ2) is 28.1. The highest BCUT2D eigenvalue weighted by atomic mass is 16.6. The average molecular weight is 931 g/mol. The van der Waals surface area contributed by atoms with E-state index in [2.05, 4.69) is 17.6 Å². The van der Waals surface area contributed by atoms with Crippen molar-refractivity contribution in [2.24, 2.45) is 0 Å². The summed E-state index contributed by atoms with van der Waals surface area (Å²) >= 11 is 0. The van der Waals surface area contributed by atoms with E-state index in [4.69, 9.17) is 23.9 Å². The number of amides is 2. The van der Waals surface area contributed by atoms with Crippen LogP contribution in [0.25, 0.3) is 22.3 Å². The first kappa shape index (κ1) is 52.7. The predicted octanol–water partition coefficient (Wildman–Crippen LogP) is 8.98. The number of pyridine rings is 2. The Balaban J connectivity index is 0.884. The maximum atomic E-state index is 13.8. The van der Waals surface area contributed by atoms with Gasteiger partial charge < -0.3 is 39.3 Å². The van der Waals surface area contributed by atoms with Gasteiger partial charge in [0.05, 0.1) is 35.6 Å². The number of unbranched alkanes of at least 4 members (excludes halogenated alkanes) is 17. The van der Waals surface area contributed by atoms with Gasteiger partial charge in [0.25, 0.3) is 5.56 Å². The van der Waals surface area contributed by atoms with Crippen molar-refractivity contribution in [2.75, 3.05) is 26.3 Å². The molecule has 15 nitrogen and oxygen atoms in total. The van der Waals surface area contributed by atoms with Crippen molar-refractivity contribution >= 4 is 40.8 Å². The van der Waals surface area contributed by atoms with Gasteiger partial charge in [0.2, 0.25) is 11.5 Å². The molecule has 2 aliphatic heterocycles. The van der Waals surface area contributed by atoms with Gasteiger partial charge >= 0.3 is 24.0 Å². The van der Waals surface area contributed by atoms with Crippen molar-refractivity contribution in [3.63, 3.8) is 0 Å². The number of aliphatic hydroxyl groups excluding tert-OH is 1. The third-order valence-electron chi connectivity index (χ3n) is 12.8. The van der Waals surface area contributed by atoms with Gasteiger partial charge in [-0.1, -0.05) is 135 Å². The van der Waals surface area contributed by atoms with Crippen LogP contribution >= 0.6 is 0 Å². The highest BCUT2D eigenvalue weighted by molar-refractivity contribution is 5.88. The number of cyclic esters (lactones) is 1. The van der Waals surface area contributed by atoms with Gasteiger partial charge in [-0.15, -0.1) is 0 Å². The van der Waals surface area contributed by atoms with Crippen LogP contribution in [0, 0.1) is 0 Å². The van der Waals surface area contributed by atoms with E-state index in [-0.39, 0.29) is 74.1 Å². The molecule has 0 saturated carbocycles. The molecule has 2 aliphatic rings. The van der Waals surface area contributed by atoms with Crippen LogP contribution in [0.1, 0.15) is 178 Å². The molecule has 67 heavy (non-hydrogen) atoms. The number of para-hydroxylation sites is 1. The number of ether oxygens (including phenoxy) is 4. The molecular weight excluding hydrogens is 857 g/mol. The molecule has 368 valence electrons. The quantitative estimate of drug-likeness (QED) is 0.0239. The smallest absolute Gasteiger partial charge is 0.408 e. The van der Waals surface area contributed by atoms with Gasteiger partial charge in [0.1, 0.15) is 13.2 Å². The zero-order valence-corrected chi connectivity index (χ0v) is 40.0. The molecular formula is C52H74N4O11. The minimum Gasteiger partial charge on any atom is -0.462 e. The summed E-state index contributed by atoms with van der Waals surface area (Å²) in [6.07, 6.45) is 20.0. The number of carbonyl (C=O) groups is 5. The Kier molecular flexibility index (Phi) is 22.1. The second-order valence-corrected chi connectivity index (χ2v) is 18.0. The normalized spacial score (nSPS) is 15.2. The fourth-order valence-corrected chi connectivity index (χ4v) is 8.91. The topological polar surface area (TPSA) is 201 Å². The van der Waals surface area contributed by atoms with Crippen molar-refractivity contribution < 1.29 is 48.0 Å². The van der Waals surface area contributed by atoms with E-state index in [0.717, 1.165) is 55.0 Å². The molecule has 0 radical (unpaired) electrons. The summed E-state index contributed by atoms with van der Waals surface area (Å²) in [6.45, 7) is 3.60. The summed E-state index contributed by atoms with van der Waals surface area (Å²) in [5.74, 6) is -1.75. The van der Waals surface area contributed by atoms with E-state index < -0.39 is 36.3 Å². The van der Waals surface area contributed by atoms with Crippen LogP contribution in [0.15, 0.2) is 41.2 Å². The summed E-state index contributed by atoms with van der Waals surface area (Å²) in [4.78, 5) is 82.0. The minimum atomic E-state index is -1.85. The number of esters is 3. The van der Waals surface area contributed by atoms with Crippen molar-refractivity contribution in [3.05, 3.63) is 63.4 Å². The number of aliphatic hydroxyl groups is 1. The first-order valence-electron chi connectivity index (χ1n) is 25.1. The van der Waals surface area contributed by atoms with Crippen LogP contribution < -0.4 is 16.2 Å². The molecule has 2 amide bonds. The number of fused-ring (bicyclic) bond motifs is 5. The van der Waals surface area contributed by atoms with Crippen molar-refractivity contribution in [3.8, 4) is 11.4 Å². The number of rotatable bonds is 32. The van der Waals surface area contributed by atoms with Gasteiger partial charge in [-0.2, -0.15) is 0 Å². The third kappa shape index (κ3) is 15.9. The summed E-state index contributed by atoms with van der Waals surface area (Å²) in [6, 6.07) is 11.4. The molecule has 0 aliphatic carbocycles. The van der Waals surface area contributed by atoms with Crippen LogP contribution in [-0.4, -0.2) is 77.0 Å². The van der Waals surface area contributed by atoms with Gasteiger partial charge in [-0.25, -0.2) is 14.6 Å². The second-order valence-electron chi connectivity index (χ2n) is 18.0. The molecule has 1 aromatic carbocycles. The molecule has 5 rings (SSSR count). The molecule has 2 aromatic heterocycles. The number of hydrogen-bond acceptors (Lipinski definition) is 12. The Labute approximate surface area is 395 Å². The molecule has 3 aromatic rings. The first-order valence-corrected chi connectivity index (χ1v) is 25.1. The lowest BCUT2D eigenvalue weighted by Gasteiger charge is -2.35. The monoisotopic (exact) mass is 931 g/mol. The first-order chi connectivity index (χ1) is 32.6. The molecule has 0 fully saturated rings. The zero-order valence-electron chi connectivity index (χ0n) is 40.0. The molecule has 4 heterocycles. The zero-order chi connectivity index (χ0) is 47.9. The largest absolute Gasteiger partial charge is 0.462 e. The van der Waals surface area contributed by atoms with E-state index in [9.17, 15) is 33.9 Å². The molecule has 1 unspecified atom stereocenters. The molecule has 15 heteroatoms. The Bertz CT molecular complexity index is 2160. The number of aromatic nitrogens is 2. The number of carbonyl (C=O) groups excluding carboxylic acids is 5. The van der Waals surface area contributed by atoms with Crippen LogP contribution in [0.5, 0.6) is 0 Å². The van der Waals surface area contributed by atoms with E-state index in [1.54, 1.807) is 17.6 Å². The van der Waals surface area contributed by atoms with E-state index in [0.29, 0.717) is 37.2 Å². The van der Waals surface area contributed by atoms with Crippen molar-refractivity contribution in [1.29, 1.82) is 0 Å². The number of hydrogen-bond donors (Lipinski definition) is 3. The van der Waals surface area contributed by atoms with Crippen LogP contribution in [-0.2, 0) is 56.9 Å². The fourth-order valence-electron chi connectivity index (χ4n) is 8.91. The fraction of sp³-hybridized carbons (Fsp3) is 0.635. The van der Waals surface area contributed by atoms with Crippen LogP contribution in [0.4, 0.5) is 4.79 Å². The Morgan fingerprint density at radius 2 is 1.37 bits per heavy atom. The number of benzene rings is 1. The van der Waals surface area contributed by atoms with Crippen LogP contribution in [0.2, 0.25) is 0 Å². The lowest BCUT2D eigenvalue weighted by Crippen LogP contribution is -2.49. The standard InChI is InChI=1S/C52H74N4O11/c1-3-5-6-7-8-9-10-11-12-13-14-15-18-21-28-46(59)64-36-40(35-57)66-47(60)29-22-19-16-17-20-27-45(58)53-30-31-54-51(63)67-52(4-2)42-33-44-48-39(32-38-25-23-24-26-43(38)55-48)34-56(44)49(61)41(42)37-65-50(52)62/h23-26,32-33,40,57H,3-22,27-31,34-37H2,1-2H3,(H,53,58)(H,54,63)/t40?,52-/m0/s1. The number of nitrogens with zero attached hydrogens (tertiary/aromatic N) is 2. The highest BCUT2D eigenvalue weighted by Gasteiger charge is 2.50. The lowest BCUT2D eigenvalue weighted by molar-refractivity contribution is -0.172. The summed E-state index contributed by atoms with van der Waals surface area (Å²) in [5, 5.41) is 16.0. The maximum Gasteiger partial charge on any atom is 0.408 e. The molecule has 2 atom stereocenters. The van der Waals surface area contributed by atoms with Crippen molar-refractivity contribution in [2.45, 2.75) is 186 Å². The lowest BCUT2D eigenvalue weighted by atomic mass is 9.85. The van der Waals surface area contributed by atoms with Gasteiger partial charge in [-0.3, -0.25) is 19.2 Å². The molecule has 3 N–H and O–H groups in total. The summed E-state index contributed by atoms with van der Waals surface area (Å²) < 4.78 is 23.4. The number of nitrogens with one attached hydrogen (secondary N) is 2. The average Bonchev–Trinajstić information content (AvgIpc) is 3.69. The molecule has 0 saturated heterocycles. The van der Waals surface area contributed by atoms with Gasteiger partial charge in [0.15, 0.2) is 6.10 Å². The molecule has 0 spiro atoms. The number of alkyl carbamates (subject to hydrolysis) is 1. The van der Waals surface area contributed by atoms with Crippen LogP contribution in [0.3, 0.4) is 0 Å². The third-order valence-corrected chi connectivity index (χ3v) is 12.8.